The quantitative estimate of drug-likeness (QED) is 0.847. The summed E-state index contributed by atoms with van der Waals surface area (Å²) >= 11 is 0. The van der Waals surface area contributed by atoms with E-state index in [0.29, 0.717) is 12.1 Å². The largest absolute Gasteiger partial charge is 0.338 e. The van der Waals surface area contributed by atoms with Crippen molar-refractivity contribution >= 4 is 5.91 Å². The van der Waals surface area contributed by atoms with Crippen LogP contribution in [-0.4, -0.2) is 35.8 Å². The van der Waals surface area contributed by atoms with Crippen LogP contribution in [0.5, 0.6) is 0 Å². The maximum atomic E-state index is 13.4. The molecule has 0 N–H and O–H groups in total. The van der Waals surface area contributed by atoms with Gasteiger partial charge in [0.1, 0.15) is 0 Å². The highest BCUT2D eigenvalue weighted by molar-refractivity contribution is 5.78. The molecule has 3 rings (SSSR count). The summed E-state index contributed by atoms with van der Waals surface area (Å²) in [6.45, 7) is 3.74. The lowest BCUT2D eigenvalue weighted by molar-refractivity contribution is -0.133. The maximum Gasteiger partial charge on any atom is 0.237 e. The Bertz CT molecular complexity index is 778. The zero-order valence-corrected chi connectivity index (χ0v) is 14.5. The van der Waals surface area contributed by atoms with Gasteiger partial charge in [-0.2, -0.15) is 0 Å². The van der Waals surface area contributed by atoms with Crippen LogP contribution in [0.2, 0.25) is 0 Å². The lowest BCUT2D eigenvalue weighted by Gasteiger charge is -2.31. The zero-order valence-electron chi connectivity index (χ0n) is 14.5. The normalized spacial score (nSPS) is 15.5. The van der Waals surface area contributed by atoms with E-state index in [4.69, 9.17) is 0 Å². The van der Waals surface area contributed by atoms with Crippen LogP contribution in [0.1, 0.15) is 29.7 Å². The predicted molar refractivity (Wildman–Crippen MR) is 93.0 cm³/mol. The molecule has 132 valence electrons. The summed E-state index contributed by atoms with van der Waals surface area (Å²) < 4.78 is 26.5. The third kappa shape index (κ3) is 3.87. The Labute approximate surface area is 146 Å². The van der Waals surface area contributed by atoms with Crippen molar-refractivity contribution in [1.82, 2.24) is 9.80 Å². The van der Waals surface area contributed by atoms with Crippen molar-refractivity contribution in [3.8, 4) is 0 Å². The van der Waals surface area contributed by atoms with Gasteiger partial charge in [0.05, 0.1) is 12.6 Å². The first kappa shape index (κ1) is 17.5. The molecule has 0 saturated heterocycles. The second-order valence-corrected chi connectivity index (χ2v) is 6.58. The third-order valence-electron chi connectivity index (χ3n) is 4.97. The van der Waals surface area contributed by atoms with Gasteiger partial charge in [0, 0.05) is 20.1 Å². The Balaban J connectivity index is 1.63. The Morgan fingerprint density at radius 3 is 2.60 bits per heavy atom. The van der Waals surface area contributed by atoms with E-state index in [-0.39, 0.29) is 11.9 Å². The van der Waals surface area contributed by atoms with Crippen molar-refractivity contribution in [2.45, 2.75) is 25.9 Å². The molecule has 1 unspecified atom stereocenters. The number of halogens is 2. The smallest absolute Gasteiger partial charge is 0.237 e. The molecule has 0 fully saturated rings. The highest BCUT2D eigenvalue weighted by Crippen LogP contribution is 2.22. The molecule has 0 aliphatic carbocycles. The Morgan fingerprint density at radius 1 is 1.16 bits per heavy atom. The molecule has 2 aromatic rings. The highest BCUT2D eigenvalue weighted by Gasteiger charge is 2.23. The Morgan fingerprint density at radius 2 is 1.88 bits per heavy atom. The summed E-state index contributed by atoms with van der Waals surface area (Å²) in [5.41, 5.74) is 3.19. The summed E-state index contributed by atoms with van der Waals surface area (Å²) in [4.78, 5) is 16.3. The van der Waals surface area contributed by atoms with Gasteiger partial charge in [0.2, 0.25) is 5.91 Å². The zero-order chi connectivity index (χ0) is 18.0. The minimum Gasteiger partial charge on any atom is -0.338 e. The number of likely N-dealkylation sites (N-methyl/N-ethyl adjacent to an activating group) is 1. The summed E-state index contributed by atoms with van der Waals surface area (Å²) in [5, 5.41) is 0. The summed E-state index contributed by atoms with van der Waals surface area (Å²) in [6, 6.07) is 11.7. The lowest BCUT2D eigenvalue weighted by atomic mass is 10.00. The fourth-order valence-corrected chi connectivity index (χ4v) is 3.20. The number of fused-ring (bicyclic) bond motifs is 1. The molecule has 1 aliphatic rings. The van der Waals surface area contributed by atoms with Crippen LogP contribution in [0.3, 0.4) is 0 Å². The van der Waals surface area contributed by atoms with Gasteiger partial charge in [0.15, 0.2) is 11.6 Å². The fourth-order valence-electron chi connectivity index (χ4n) is 3.20. The highest BCUT2D eigenvalue weighted by atomic mass is 19.2. The first-order valence-electron chi connectivity index (χ1n) is 8.45. The molecule has 0 bridgehead atoms. The first-order valence-corrected chi connectivity index (χ1v) is 8.45. The molecule has 1 amide bonds. The molecule has 1 heterocycles. The van der Waals surface area contributed by atoms with E-state index in [1.54, 1.807) is 11.9 Å². The Kier molecular flexibility index (Phi) is 5.13. The van der Waals surface area contributed by atoms with Gasteiger partial charge < -0.3 is 4.90 Å². The average Bonchev–Trinajstić information content (AvgIpc) is 2.62. The van der Waals surface area contributed by atoms with Crippen LogP contribution in [0.4, 0.5) is 8.78 Å². The fraction of sp³-hybridized carbons (Fsp3) is 0.350. The Hall–Kier alpha value is -2.27. The third-order valence-corrected chi connectivity index (χ3v) is 4.97. The second kappa shape index (κ2) is 7.31. The van der Waals surface area contributed by atoms with E-state index in [0.717, 1.165) is 31.6 Å². The van der Waals surface area contributed by atoms with Crippen molar-refractivity contribution in [3.63, 3.8) is 0 Å². The van der Waals surface area contributed by atoms with E-state index >= 15 is 0 Å². The van der Waals surface area contributed by atoms with E-state index in [1.165, 1.54) is 17.2 Å². The minimum absolute atomic E-state index is 0.0309. The average molecular weight is 344 g/mol. The van der Waals surface area contributed by atoms with Crippen LogP contribution in [0.15, 0.2) is 42.5 Å². The summed E-state index contributed by atoms with van der Waals surface area (Å²) in [6.07, 6.45) is 0.936. The van der Waals surface area contributed by atoms with Crippen molar-refractivity contribution in [2.75, 3.05) is 20.1 Å². The van der Waals surface area contributed by atoms with Gasteiger partial charge in [-0.05, 0) is 42.2 Å². The second-order valence-electron chi connectivity index (χ2n) is 6.58. The van der Waals surface area contributed by atoms with E-state index in [2.05, 4.69) is 17.0 Å². The van der Waals surface area contributed by atoms with Gasteiger partial charge in [-0.3, -0.25) is 9.69 Å². The van der Waals surface area contributed by atoms with E-state index < -0.39 is 11.6 Å². The molecule has 1 atom stereocenters. The number of amides is 1. The minimum atomic E-state index is -0.891. The maximum absolute atomic E-state index is 13.4. The standard InChI is InChI=1S/C20H22F2N2O/c1-14(16-7-8-18(21)19(22)11-16)23(2)20(25)13-24-10-9-15-5-3-4-6-17(15)12-24/h3-8,11,14H,9-10,12-13H2,1-2H3. The van der Waals surface area contributed by atoms with E-state index in [9.17, 15) is 13.6 Å². The molecule has 0 aromatic heterocycles. The van der Waals surface area contributed by atoms with Crippen molar-refractivity contribution in [3.05, 3.63) is 70.8 Å². The number of rotatable bonds is 4. The summed E-state index contributed by atoms with van der Waals surface area (Å²) in [5.74, 6) is -1.80. The van der Waals surface area contributed by atoms with Crippen LogP contribution in [-0.2, 0) is 17.8 Å². The van der Waals surface area contributed by atoms with Crippen molar-refractivity contribution < 1.29 is 13.6 Å². The molecule has 2 aromatic carbocycles. The number of carbonyl (C=O) groups is 1. The van der Waals surface area contributed by atoms with Crippen molar-refractivity contribution in [2.24, 2.45) is 0 Å². The molecular weight excluding hydrogens is 322 g/mol. The van der Waals surface area contributed by atoms with Gasteiger partial charge in [0.25, 0.3) is 0 Å². The molecule has 0 radical (unpaired) electrons. The molecule has 0 saturated carbocycles. The molecule has 1 aliphatic heterocycles. The molecular formula is C20H22F2N2O. The van der Waals surface area contributed by atoms with Crippen LogP contribution in [0.25, 0.3) is 0 Å². The number of carbonyl (C=O) groups excluding carboxylic acids is 1. The molecule has 25 heavy (non-hydrogen) atoms. The first-order chi connectivity index (χ1) is 12.0. The van der Waals surface area contributed by atoms with Crippen LogP contribution in [0, 0.1) is 11.6 Å². The monoisotopic (exact) mass is 344 g/mol. The van der Waals surface area contributed by atoms with Gasteiger partial charge >= 0.3 is 0 Å². The lowest BCUT2D eigenvalue weighted by Crippen LogP contribution is -2.41. The number of nitrogens with zero attached hydrogens (tertiary/aromatic N) is 2. The van der Waals surface area contributed by atoms with Gasteiger partial charge in [-0.25, -0.2) is 8.78 Å². The SMILES string of the molecule is CC(c1ccc(F)c(F)c1)N(C)C(=O)CN1CCc2ccccc2C1. The van der Waals surface area contributed by atoms with Crippen LogP contribution >= 0.6 is 0 Å². The van der Waals surface area contributed by atoms with Crippen molar-refractivity contribution in [1.29, 1.82) is 0 Å². The topological polar surface area (TPSA) is 23.6 Å². The summed E-state index contributed by atoms with van der Waals surface area (Å²) in [7, 11) is 1.70. The number of benzene rings is 2. The van der Waals surface area contributed by atoms with E-state index in [1.807, 2.05) is 19.1 Å². The molecule has 0 spiro atoms. The number of hydrogen-bond donors (Lipinski definition) is 0. The van der Waals surface area contributed by atoms with Gasteiger partial charge in [-0.1, -0.05) is 30.3 Å². The predicted octanol–water partition coefficient (Wildman–Crippen LogP) is 3.54. The van der Waals surface area contributed by atoms with Crippen LogP contribution < -0.4 is 0 Å². The molecule has 3 nitrogen and oxygen atoms in total. The molecule has 5 heteroatoms. The number of hydrogen-bond acceptors (Lipinski definition) is 2. The van der Waals surface area contributed by atoms with Gasteiger partial charge in [-0.15, -0.1) is 0 Å².